The monoisotopic (exact) mass is 516 g/mol. The average molecular weight is 516 g/mol. The molecule has 2 aliphatic rings. The van der Waals surface area contributed by atoms with Crippen molar-refractivity contribution in [3.05, 3.63) is 29.8 Å². The fourth-order valence-electron chi connectivity index (χ4n) is 4.13. The summed E-state index contributed by atoms with van der Waals surface area (Å²) in [7, 11) is 1.71. The van der Waals surface area contributed by atoms with Gasteiger partial charge in [-0.05, 0) is 43.4 Å². The Bertz CT molecular complexity index is 620. The van der Waals surface area contributed by atoms with Gasteiger partial charge in [0.25, 0.3) is 0 Å². The normalized spacial score (nSPS) is 22.0. The van der Waals surface area contributed by atoms with E-state index < -0.39 is 0 Å². The van der Waals surface area contributed by atoms with E-state index in [9.17, 15) is 0 Å². The van der Waals surface area contributed by atoms with Gasteiger partial charge in [0.1, 0.15) is 5.75 Å². The van der Waals surface area contributed by atoms with Gasteiger partial charge < -0.3 is 19.7 Å². The Morgan fingerprint density at radius 2 is 1.97 bits per heavy atom. The van der Waals surface area contributed by atoms with E-state index in [2.05, 4.69) is 41.1 Å². The van der Waals surface area contributed by atoms with Crippen molar-refractivity contribution < 1.29 is 9.47 Å². The number of methoxy groups -OCH3 is 1. The quantitative estimate of drug-likeness (QED) is 0.357. The standard InChI is InChI=1S/C22H36N4O2.HI/c1-4-23-22(26-11-5-6-18(2)17-26)24-16-21(25-12-14-28-15-13-25)19-7-9-20(27-3)10-8-19;/h7-10,18,21H,4-6,11-17H2,1-3H3,(H,23,24);1H. The van der Waals surface area contributed by atoms with E-state index in [1.807, 2.05) is 12.1 Å². The first-order chi connectivity index (χ1) is 13.7. The SMILES string of the molecule is CCNC(=NCC(c1ccc(OC)cc1)N1CCOCC1)N1CCCC(C)C1.I. The maximum absolute atomic E-state index is 5.58. The number of hydrogen-bond donors (Lipinski definition) is 1. The van der Waals surface area contributed by atoms with Crippen molar-refractivity contribution >= 4 is 29.9 Å². The van der Waals surface area contributed by atoms with Crippen LogP contribution >= 0.6 is 24.0 Å². The van der Waals surface area contributed by atoms with Crippen LogP contribution in [0.25, 0.3) is 0 Å². The molecule has 2 atom stereocenters. The molecule has 7 heteroatoms. The molecular weight excluding hydrogens is 479 g/mol. The van der Waals surface area contributed by atoms with Gasteiger partial charge in [0.2, 0.25) is 0 Å². The van der Waals surface area contributed by atoms with Gasteiger partial charge in [-0.2, -0.15) is 0 Å². The second kappa shape index (κ2) is 12.6. The Labute approximate surface area is 193 Å². The van der Waals surface area contributed by atoms with Crippen LogP contribution in [0.3, 0.4) is 0 Å². The number of morpholine rings is 1. The third-order valence-electron chi connectivity index (χ3n) is 5.69. The van der Waals surface area contributed by atoms with Gasteiger partial charge >= 0.3 is 0 Å². The summed E-state index contributed by atoms with van der Waals surface area (Å²) < 4.78 is 10.9. The first-order valence-corrected chi connectivity index (χ1v) is 10.7. The van der Waals surface area contributed by atoms with E-state index in [-0.39, 0.29) is 30.0 Å². The van der Waals surface area contributed by atoms with Crippen LogP contribution in [0.4, 0.5) is 0 Å². The van der Waals surface area contributed by atoms with Crippen molar-refractivity contribution in [3.8, 4) is 5.75 Å². The molecule has 2 fully saturated rings. The number of nitrogens with zero attached hydrogens (tertiary/aromatic N) is 3. The zero-order valence-corrected chi connectivity index (χ0v) is 20.4. The van der Waals surface area contributed by atoms with Gasteiger partial charge in [-0.15, -0.1) is 24.0 Å². The molecule has 29 heavy (non-hydrogen) atoms. The number of nitrogens with one attached hydrogen (secondary N) is 1. The van der Waals surface area contributed by atoms with Crippen LogP contribution in [0, 0.1) is 5.92 Å². The molecule has 0 aromatic heterocycles. The third-order valence-corrected chi connectivity index (χ3v) is 5.69. The number of benzene rings is 1. The number of guanidine groups is 1. The lowest BCUT2D eigenvalue weighted by Gasteiger charge is -2.36. The Morgan fingerprint density at radius 3 is 2.59 bits per heavy atom. The first kappa shape index (κ1) is 24.2. The smallest absolute Gasteiger partial charge is 0.193 e. The van der Waals surface area contributed by atoms with Crippen molar-refractivity contribution in [1.82, 2.24) is 15.1 Å². The van der Waals surface area contributed by atoms with Crippen LogP contribution < -0.4 is 10.1 Å². The molecule has 2 unspecified atom stereocenters. The number of ether oxygens (including phenoxy) is 2. The molecule has 0 saturated carbocycles. The topological polar surface area (TPSA) is 49.3 Å². The minimum absolute atomic E-state index is 0. The van der Waals surface area contributed by atoms with Gasteiger partial charge in [-0.1, -0.05) is 19.1 Å². The fourth-order valence-corrected chi connectivity index (χ4v) is 4.13. The molecule has 2 heterocycles. The van der Waals surface area contributed by atoms with E-state index in [1.54, 1.807) is 7.11 Å². The molecule has 1 aromatic rings. The molecule has 0 spiro atoms. The summed E-state index contributed by atoms with van der Waals surface area (Å²) in [4.78, 5) is 10.0. The van der Waals surface area contributed by atoms with Crippen molar-refractivity contribution in [2.75, 3.05) is 59.6 Å². The molecule has 0 radical (unpaired) electrons. The molecule has 1 N–H and O–H groups in total. The fraction of sp³-hybridized carbons (Fsp3) is 0.682. The lowest BCUT2D eigenvalue weighted by Crippen LogP contribution is -2.47. The number of hydrogen-bond acceptors (Lipinski definition) is 4. The Morgan fingerprint density at radius 1 is 1.24 bits per heavy atom. The second-order valence-corrected chi connectivity index (χ2v) is 7.83. The van der Waals surface area contributed by atoms with Crippen molar-refractivity contribution in [2.45, 2.75) is 32.7 Å². The first-order valence-electron chi connectivity index (χ1n) is 10.7. The predicted octanol–water partition coefficient (Wildman–Crippen LogP) is 3.38. The van der Waals surface area contributed by atoms with Gasteiger partial charge in [0.05, 0.1) is 32.9 Å². The molecule has 2 aliphatic heterocycles. The maximum Gasteiger partial charge on any atom is 0.193 e. The van der Waals surface area contributed by atoms with Crippen LogP contribution in [0.2, 0.25) is 0 Å². The van der Waals surface area contributed by atoms with E-state index >= 15 is 0 Å². The van der Waals surface area contributed by atoms with Crippen LogP contribution in [-0.2, 0) is 4.74 Å². The highest BCUT2D eigenvalue weighted by molar-refractivity contribution is 14.0. The lowest BCUT2D eigenvalue weighted by molar-refractivity contribution is 0.0179. The summed E-state index contributed by atoms with van der Waals surface area (Å²) in [6.07, 6.45) is 2.56. The number of aliphatic imine (C=N–C) groups is 1. The maximum atomic E-state index is 5.58. The van der Waals surface area contributed by atoms with E-state index in [1.165, 1.54) is 18.4 Å². The summed E-state index contributed by atoms with van der Waals surface area (Å²) in [5.74, 6) is 2.68. The largest absolute Gasteiger partial charge is 0.497 e. The minimum atomic E-state index is 0. The number of rotatable bonds is 6. The zero-order valence-electron chi connectivity index (χ0n) is 18.1. The summed E-state index contributed by atoms with van der Waals surface area (Å²) in [5.41, 5.74) is 1.29. The molecule has 3 rings (SSSR count). The summed E-state index contributed by atoms with van der Waals surface area (Å²) in [6, 6.07) is 8.69. The average Bonchev–Trinajstić information content (AvgIpc) is 2.74. The van der Waals surface area contributed by atoms with Gasteiger partial charge in [0, 0.05) is 32.7 Å². The molecular formula is C22H37IN4O2. The Kier molecular flexibility index (Phi) is 10.5. The number of likely N-dealkylation sites (tertiary alicyclic amines) is 1. The van der Waals surface area contributed by atoms with E-state index in [4.69, 9.17) is 14.5 Å². The minimum Gasteiger partial charge on any atom is -0.497 e. The lowest BCUT2D eigenvalue weighted by atomic mass is 10.0. The molecule has 6 nitrogen and oxygen atoms in total. The van der Waals surface area contributed by atoms with E-state index in [0.717, 1.165) is 70.1 Å². The second-order valence-electron chi connectivity index (χ2n) is 7.83. The predicted molar refractivity (Wildman–Crippen MR) is 129 cm³/mol. The molecule has 0 amide bonds. The van der Waals surface area contributed by atoms with E-state index in [0.29, 0.717) is 0 Å². The Hall–Kier alpha value is -1.06. The van der Waals surface area contributed by atoms with Crippen molar-refractivity contribution in [2.24, 2.45) is 10.9 Å². The summed E-state index contributed by atoms with van der Waals surface area (Å²) in [5, 5.41) is 3.51. The molecule has 0 aliphatic carbocycles. The van der Waals surface area contributed by atoms with Crippen LogP contribution in [0.1, 0.15) is 38.3 Å². The van der Waals surface area contributed by atoms with Crippen LogP contribution in [0.15, 0.2) is 29.3 Å². The van der Waals surface area contributed by atoms with Gasteiger partial charge in [-0.25, -0.2) is 0 Å². The number of halogens is 1. The van der Waals surface area contributed by atoms with Crippen molar-refractivity contribution in [3.63, 3.8) is 0 Å². The molecule has 2 saturated heterocycles. The molecule has 164 valence electrons. The third kappa shape index (κ3) is 7.00. The van der Waals surface area contributed by atoms with Crippen LogP contribution in [0.5, 0.6) is 5.75 Å². The summed E-state index contributed by atoms with van der Waals surface area (Å²) in [6.45, 7) is 11.8. The highest BCUT2D eigenvalue weighted by Crippen LogP contribution is 2.25. The van der Waals surface area contributed by atoms with Gasteiger partial charge in [-0.3, -0.25) is 9.89 Å². The summed E-state index contributed by atoms with van der Waals surface area (Å²) >= 11 is 0. The molecule has 0 bridgehead atoms. The van der Waals surface area contributed by atoms with Crippen LogP contribution in [-0.4, -0.2) is 75.4 Å². The highest BCUT2D eigenvalue weighted by Gasteiger charge is 2.24. The Balaban J connectivity index is 0.00000300. The molecule has 1 aromatic carbocycles. The highest BCUT2D eigenvalue weighted by atomic mass is 127. The number of piperidine rings is 1. The zero-order chi connectivity index (χ0) is 19.8. The van der Waals surface area contributed by atoms with Gasteiger partial charge in [0.15, 0.2) is 5.96 Å². The van der Waals surface area contributed by atoms with Crippen molar-refractivity contribution in [1.29, 1.82) is 0 Å².